The number of rotatable bonds is 1. The van der Waals surface area contributed by atoms with Crippen LogP contribution in [0.5, 0.6) is 0 Å². The zero-order chi connectivity index (χ0) is 14.3. The summed E-state index contributed by atoms with van der Waals surface area (Å²) in [4.78, 5) is 13.3. The molecule has 0 aromatic heterocycles. The van der Waals surface area contributed by atoms with Crippen molar-refractivity contribution in [3.8, 4) is 0 Å². The van der Waals surface area contributed by atoms with E-state index in [-0.39, 0.29) is 11.9 Å². The third-order valence-electron chi connectivity index (χ3n) is 3.57. The van der Waals surface area contributed by atoms with Crippen molar-refractivity contribution in [1.82, 2.24) is 5.32 Å². The average molecular weight is 266 g/mol. The predicted octanol–water partition coefficient (Wildman–Crippen LogP) is 1.78. The first-order valence-corrected chi connectivity index (χ1v) is 6.50. The molecule has 1 aromatic carbocycles. The van der Waals surface area contributed by atoms with E-state index in [4.69, 9.17) is 5.73 Å². The maximum atomic E-state index is 11.2. The van der Waals surface area contributed by atoms with Gasteiger partial charge in [0.1, 0.15) is 0 Å². The lowest BCUT2D eigenvalue weighted by atomic mass is 9.89. The van der Waals surface area contributed by atoms with Gasteiger partial charge >= 0.3 is 0 Å². The molecule has 0 fully saturated rings. The molecule has 1 aliphatic carbocycles. The first-order chi connectivity index (χ1) is 9.58. The van der Waals surface area contributed by atoms with Crippen molar-refractivity contribution in [2.75, 3.05) is 11.9 Å². The maximum absolute atomic E-state index is 11.2. The highest BCUT2D eigenvalue weighted by Crippen LogP contribution is 2.39. The Kier molecular flexibility index (Phi) is 2.90. The van der Waals surface area contributed by atoms with Crippen LogP contribution in [-0.2, 0) is 4.79 Å². The van der Waals surface area contributed by atoms with Gasteiger partial charge in [0.15, 0.2) is 11.3 Å². The highest BCUT2D eigenvalue weighted by molar-refractivity contribution is 5.76. The molecule has 100 valence electrons. The normalized spacial score (nSPS) is 19.9. The number of carbonyl (C=O) groups excluding carboxylic acids is 1. The minimum Gasteiger partial charge on any atom is -0.318 e. The number of para-hydroxylation sites is 1. The number of hydrogen-bond donors (Lipinski definition) is 2. The van der Waals surface area contributed by atoms with Gasteiger partial charge < -0.3 is 5.73 Å². The third kappa shape index (κ3) is 1.92. The number of allylic oxidation sites excluding steroid dienone is 2. The fraction of sp³-hybridized carbons (Fsp3) is 0.188. The Labute approximate surface area is 118 Å². The zero-order valence-corrected chi connectivity index (χ0v) is 11.5. The zero-order valence-electron chi connectivity index (χ0n) is 11.5. The van der Waals surface area contributed by atoms with Crippen molar-refractivity contribution in [3.05, 3.63) is 65.0 Å². The van der Waals surface area contributed by atoms with Gasteiger partial charge in [-0.2, -0.15) is 0 Å². The van der Waals surface area contributed by atoms with Crippen molar-refractivity contribution in [3.63, 3.8) is 0 Å². The Balaban J connectivity index is 2.07. The molecule has 1 aromatic rings. The number of nitrogens with two attached hydrogens (primary N) is 1. The summed E-state index contributed by atoms with van der Waals surface area (Å²) in [7, 11) is 2.01. The first kappa shape index (κ1) is 12.6. The molecule has 1 atom stereocenters. The quantitative estimate of drug-likeness (QED) is 0.762. The number of anilines is 1. The summed E-state index contributed by atoms with van der Waals surface area (Å²) in [6, 6.07) is 7.83. The van der Waals surface area contributed by atoms with E-state index in [2.05, 4.69) is 22.4 Å². The van der Waals surface area contributed by atoms with Crippen LogP contribution in [0.2, 0.25) is 0 Å². The van der Waals surface area contributed by atoms with Crippen LogP contribution in [0.4, 0.5) is 5.69 Å². The lowest BCUT2D eigenvalue weighted by Crippen LogP contribution is -2.31. The van der Waals surface area contributed by atoms with Gasteiger partial charge in [-0.1, -0.05) is 18.2 Å². The van der Waals surface area contributed by atoms with Gasteiger partial charge in [-0.3, -0.25) is 15.0 Å². The number of likely N-dealkylation sites (N-methyl/N-ethyl adjacent to an activating group) is 1. The summed E-state index contributed by atoms with van der Waals surface area (Å²) in [5.74, 6) is -0.112. The highest BCUT2D eigenvalue weighted by atomic mass is 16.1. The molecule has 0 bridgehead atoms. The molecule has 0 saturated heterocycles. The van der Waals surface area contributed by atoms with Crippen LogP contribution in [0.1, 0.15) is 18.5 Å². The molecule has 1 heterocycles. The summed E-state index contributed by atoms with van der Waals surface area (Å²) in [5, 5.41) is 2.75. The van der Waals surface area contributed by atoms with Crippen molar-refractivity contribution in [1.29, 1.82) is 0 Å². The number of hydrogen-bond acceptors (Lipinski definition) is 3. The molecule has 20 heavy (non-hydrogen) atoms. The standard InChI is InChI=1S/C16H15N3O/c1-10(20)18-11-7-8-15-13(9-11)16(17)12-5-3-4-6-14(12)19(15)2/h3-8,16H,17H2,1-2H3/p+1. The lowest BCUT2D eigenvalue weighted by Gasteiger charge is -2.29. The molecule has 1 aliphatic heterocycles. The van der Waals surface area contributed by atoms with Crippen LogP contribution in [0.25, 0.3) is 0 Å². The topological polar surface area (TPSA) is 58.4 Å². The van der Waals surface area contributed by atoms with Crippen LogP contribution >= 0.6 is 0 Å². The average Bonchev–Trinajstić information content (AvgIpc) is 2.44. The smallest absolute Gasteiger partial charge is 0.223 e. The summed E-state index contributed by atoms with van der Waals surface area (Å²) in [5.41, 5.74) is 11.1. The highest BCUT2D eigenvalue weighted by Gasteiger charge is 2.35. The fourth-order valence-electron chi connectivity index (χ4n) is 2.64. The van der Waals surface area contributed by atoms with Crippen LogP contribution in [0.15, 0.2) is 53.4 Å². The van der Waals surface area contributed by atoms with Gasteiger partial charge in [0.2, 0.25) is 11.6 Å². The van der Waals surface area contributed by atoms with E-state index in [0.29, 0.717) is 5.70 Å². The van der Waals surface area contributed by atoms with Crippen molar-refractivity contribution in [2.24, 2.45) is 5.73 Å². The summed E-state index contributed by atoms with van der Waals surface area (Å²) in [6.07, 6.45) is 7.03. The van der Waals surface area contributed by atoms with E-state index < -0.39 is 0 Å². The van der Waals surface area contributed by atoms with Crippen molar-refractivity contribution >= 4 is 11.6 Å². The van der Waals surface area contributed by atoms with E-state index in [1.807, 2.05) is 37.4 Å². The van der Waals surface area contributed by atoms with Crippen LogP contribution in [-0.4, -0.2) is 13.0 Å². The number of nitrogens with zero attached hydrogens (tertiary/aromatic N) is 1. The van der Waals surface area contributed by atoms with Gasteiger partial charge in [-0.15, -0.1) is 0 Å². The largest absolute Gasteiger partial charge is 0.318 e. The minimum atomic E-state index is -0.230. The van der Waals surface area contributed by atoms with Gasteiger partial charge in [-0.25, -0.2) is 0 Å². The molecule has 0 radical (unpaired) electrons. The Hall–Kier alpha value is -2.42. The molecular formula is C16H16N3O+. The molecule has 2 aliphatic rings. The Morgan fingerprint density at radius 3 is 2.85 bits per heavy atom. The molecular weight excluding hydrogens is 250 g/mol. The van der Waals surface area contributed by atoms with E-state index in [9.17, 15) is 4.79 Å². The molecule has 4 heteroatoms. The second kappa shape index (κ2) is 4.60. The first-order valence-electron chi connectivity index (χ1n) is 6.50. The lowest BCUT2D eigenvalue weighted by molar-refractivity contribution is -0.118. The third-order valence-corrected chi connectivity index (χ3v) is 3.57. The number of amides is 1. The van der Waals surface area contributed by atoms with E-state index in [1.54, 1.807) is 0 Å². The van der Waals surface area contributed by atoms with Gasteiger partial charge in [0.05, 0.1) is 30.0 Å². The molecule has 3 rings (SSSR count). The molecule has 0 saturated carbocycles. The van der Waals surface area contributed by atoms with E-state index in [0.717, 1.165) is 22.5 Å². The summed E-state index contributed by atoms with van der Waals surface area (Å²) >= 11 is 0. The van der Waals surface area contributed by atoms with Gasteiger partial charge in [0.25, 0.3) is 0 Å². The predicted molar refractivity (Wildman–Crippen MR) is 78.5 cm³/mol. The Morgan fingerprint density at radius 1 is 1.35 bits per heavy atom. The minimum absolute atomic E-state index is 0.112. The number of fused-ring (bicyclic) bond motifs is 1. The van der Waals surface area contributed by atoms with Gasteiger partial charge in [-0.05, 0) is 6.07 Å². The second-order valence-corrected chi connectivity index (χ2v) is 4.95. The number of benzene rings is 1. The summed E-state index contributed by atoms with van der Waals surface area (Å²) < 4.78 is 0. The molecule has 4 nitrogen and oxygen atoms in total. The SMILES string of the molecule is CC(=O)NC1=[C+]C2=C(C=C1)N(C)c1ccccc1C2N. The second-order valence-electron chi connectivity index (χ2n) is 4.95. The molecule has 1 amide bonds. The molecule has 1 unspecified atom stereocenters. The monoisotopic (exact) mass is 266 g/mol. The Bertz CT molecular complexity index is 670. The van der Waals surface area contributed by atoms with E-state index >= 15 is 0 Å². The molecule has 0 spiro atoms. The molecule has 3 N–H and O–H groups in total. The van der Waals surface area contributed by atoms with Crippen LogP contribution in [0.3, 0.4) is 0 Å². The summed E-state index contributed by atoms with van der Waals surface area (Å²) in [6.45, 7) is 1.48. The number of carbonyl (C=O) groups is 1. The number of nitrogens with one attached hydrogen (secondary N) is 1. The van der Waals surface area contributed by atoms with Gasteiger partial charge in [0, 0.05) is 19.5 Å². The van der Waals surface area contributed by atoms with Crippen molar-refractivity contribution in [2.45, 2.75) is 13.0 Å². The van der Waals surface area contributed by atoms with Crippen LogP contribution in [0, 0.1) is 6.08 Å². The maximum Gasteiger partial charge on any atom is 0.223 e. The Morgan fingerprint density at radius 2 is 2.10 bits per heavy atom. The van der Waals surface area contributed by atoms with Crippen molar-refractivity contribution < 1.29 is 4.79 Å². The van der Waals surface area contributed by atoms with Crippen LogP contribution < -0.4 is 16.0 Å². The van der Waals surface area contributed by atoms with E-state index in [1.165, 1.54) is 6.92 Å². The fourth-order valence-corrected chi connectivity index (χ4v) is 2.64.